The summed E-state index contributed by atoms with van der Waals surface area (Å²) in [7, 11) is 0. The highest BCUT2D eigenvalue weighted by atomic mass is 35.5. The molecule has 1 saturated carbocycles. The molecule has 7 nitrogen and oxygen atoms in total. The van der Waals surface area contributed by atoms with Crippen LogP contribution in [-0.4, -0.2) is 35.1 Å². The maximum Gasteiger partial charge on any atom is 0.329 e. The zero-order valence-corrected chi connectivity index (χ0v) is 13.9. The van der Waals surface area contributed by atoms with Crippen molar-refractivity contribution in [2.24, 2.45) is 0 Å². The maximum atomic E-state index is 11.9. The molecule has 24 heavy (non-hydrogen) atoms. The molecular weight excluding hydrogens is 334 g/mol. The first kappa shape index (κ1) is 18.1. The fourth-order valence-electron chi connectivity index (χ4n) is 2.69. The van der Waals surface area contributed by atoms with Gasteiger partial charge in [0.15, 0.2) is 0 Å². The lowest BCUT2D eigenvalue weighted by atomic mass is 9.98. The second-order valence-electron chi connectivity index (χ2n) is 5.81. The van der Waals surface area contributed by atoms with Gasteiger partial charge in [0.25, 0.3) is 0 Å². The normalized spacial score (nSPS) is 15.5. The Bertz CT molecular complexity index is 612. The van der Waals surface area contributed by atoms with Gasteiger partial charge in [-0.3, -0.25) is 4.79 Å². The van der Waals surface area contributed by atoms with E-state index in [4.69, 9.17) is 11.6 Å². The molecule has 1 aromatic carbocycles. The van der Waals surface area contributed by atoms with Crippen LogP contribution in [0.2, 0.25) is 5.02 Å². The third kappa shape index (κ3) is 4.86. The molecule has 0 bridgehead atoms. The molecule has 0 unspecified atom stereocenters. The predicted molar refractivity (Wildman–Crippen MR) is 88.7 cm³/mol. The quantitative estimate of drug-likeness (QED) is 0.623. The first-order valence-corrected chi connectivity index (χ1v) is 8.10. The van der Waals surface area contributed by atoms with Gasteiger partial charge >= 0.3 is 12.0 Å². The monoisotopic (exact) mass is 353 g/mol. The molecule has 3 amide bonds. The van der Waals surface area contributed by atoms with Crippen molar-refractivity contribution in [1.82, 2.24) is 16.0 Å². The van der Waals surface area contributed by atoms with E-state index in [0.29, 0.717) is 24.4 Å². The molecule has 0 aromatic heterocycles. The van der Waals surface area contributed by atoms with Gasteiger partial charge in [0.2, 0.25) is 5.91 Å². The summed E-state index contributed by atoms with van der Waals surface area (Å²) >= 11 is 5.78. The van der Waals surface area contributed by atoms with E-state index in [9.17, 15) is 19.5 Å². The topological polar surface area (TPSA) is 108 Å². The number of aliphatic carboxylic acids is 1. The number of halogens is 1. The number of benzene rings is 1. The zero-order valence-electron chi connectivity index (χ0n) is 13.1. The molecule has 0 aliphatic heterocycles. The van der Waals surface area contributed by atoms with Crippen LogP contribution in [0.5, 0.6) is 0 Å². The lowest BCUT2D eigenvalue weighted by molar-refractivity contribution is -0.147. The number of urea groups is 1. The van der Waals surface area contributed by atoms with E-state index in [1.165, 1.54) is 0 Å². The van der Waals surface area contributed by atoms with Crippen LogP contribution >= 0.6 is 11.6 Å². The van der Waals surface area contributed by atoms with Gasteiger partial charge in [0.1, 0.15) is 5.54 Å². The zero-order chi connectivity index (χ0) is 17.6. The number of carboxylic acids is 1. The Morgan fingerprint density at radius 1 is 1.08 bits per heavy atom. The number of hydrogen-bond donors (Lipinski definition) is 4. The van der Waals surface area contributed by atoms with Gasteiger partial charge in [-0.05, 0) is 30.5 Å². The highest BCUT2D eigenvalue weighted by Gasteiger charge is 2.42. The molecule has 1 fully saturated rings. The second kappa shape index (κ2) is 8.01. The van der Waals surface area contributed by atoms with Gasteiger partial charge in [-0.15, -0.1) is 0 Å². The second-order valence-corrected chi connectivity index (χ2v) is 6.24. The number of rotatable bonds is 6. The molecule has 1 aliphatic rings. The Morgan fingerprint density at radius 3 is 2.29 bits per heavy atom. The lowest BCUT2D eigenvalue weighted by Gasteiger charge is -2.25. The summed E-state index contributed by atoms with van der Waals surface area (Å²) in [5, 5.41) is 17.5. The summed E-state index contributed by atoms with van der Waals surface area (Å²) < 4.78 is 0. The summed E-state index contributed by atoms with van der Waals surface area (Å²) in [6.45, 7) is 0.0190. The van der Waals surface area contributed by atoms with Crippen molar-refractivity contribution in [2.75, 3.05) is 6.54 Å². The molecule has 1 aliphatic carbocycles. The number of amides is 3. The van der Waals surface area contributed by atoms with E-state index in [-0.39, 0.29) is 6.54 Å². The summed E-state index contributed by atoms with van der Waals surface area (Å²) in [6, 6.07) is 6.50. The van der Waals surface area contributed by atoms with Crippen molar-refractivity contribution in [3.05, 3.63) is 34.9 Å². The highest BCUT2D eigenvalue weighted by molar-refractivity contribution is 6.30. The number of carboxylic acid groups (broad SMARTS) is 1. The smallest absolute Gasteiger partial charge is 0.329 e. The van der Waals surface area contributed by atoms with Gasteiger partial charge < -0.3 is 21.1 Å². The summed E-state index contributed by atoms with van der Waals surface area (Å²) in [4.78, 5) is 34.9. The third-order valence-electron chi connectivity index (χ3n) is 4.02. The van der Waals surface area contributed by atoms with Crippen molar-refractivity contribution in [1.29, 1.82) is 0 Å². The van der Waals surface area contributed by atoms with Crippen molar-refractivity contribution in [3.8, 4) is 0 Å². The van der Waals surface area contributed by atoms with Crippen molar-refractivity contribution in [3.63, 3.8) is 0 Å². The van der Waals surface area contributed by atoms with Crippen molar-refractivity contribution < 1.29 is 19.5 Å². The Hall–Kier alpha value is -2.28. The van der Waals surface area contributed by atoms with Crippen LogP contribution in [0.25, 0.3) is 0 Å². The minimum absolute atomic E-state index is 0.276. The minimum Gasteiger partial charge on any atom is -0.480 e. The van der Waals surface area contributed by atoms with Gasteiger partial charge in [0, 0.05) is 11.6 Å². The molecule has 0 atom stereocenters. The molecular formula is C16H20ClN3O4. The average molecular weight is 354 g/mol. The molecule has 4 N–H and O–H groups in total. The Morgan fingerprint density at radius 2 is 1.71 bits per heavy atom. The molecule has 8 heteroatoms. The number of hydrogen-bond acceptors (Lipinski definition) is 3. The Labute approximate surface area is 144 Å². The number of carbonyl (C=O) groups excluding carboxylic acids is 2. The van der Waals surface area contributed by atoms with E-state index >= 15 is 0 Å². The molecule has 0 radical (unpaired) electrons. The van der Waals surface area contributed by atoms with Crippen LogP contribution in [0.4, 0.5) is 4.79 Å². The SMILES string of the molecule is O=C(CNC(=O)NCc1ccc(Cl)cc1)NC1(C(=O)O)CCCC1. The molecule has 0 heterocycles. The van der Waals surface area contributed by atoms with E-state index in [1.54, 1.807) is 24.3 Å². The molecule has 0 saturated heterocycles. The molecule has 1 aromatic rings. The highest BCUT2D eigenvalue weighted by Crippen LogP contribution is 2.29. The largest absolute Gasteiger partial charge is 0.480 e. The molecule has 0 spiro atoms. The standard InChI is InChI=1S/C16H20ClN3O4/c17-12-5-3-11(4-6-12)9-18-15(24)19-10-13(21)20-16(14(22)23)7-1-2-8-16/h3-6H,1-2,7-10H2,(H,20,21)(H,22,23)(H2,18,19,24). The first-order valence-electron chi connectivity index (χ1n) is 7.72. The Kier molecular flexibility index (Phi) is 6.03. The lowest BCUT2D eigenvalue weighted by Crippen LogP contribution is -2.55. The van der Waals surface area contributed by atoms with E-state index in [1.807, 2.05) is 0 Å². The molecule has 2 rings (SSSR count). The van der Waals surface area contributed by atoms with Crippen LogP contribution in [0.15, 0.2) is 24.3 Å². The number of nitrogens with one attached hydrogen (secondary N) is 3. The summed E-state index contributed by atoms with van der Waals surface area (Å²) in [6.07, 6.45) is 2.36. The van der Waals surface area contributed by atoms with E-state index in [0.717, 1.165) is 18.4 Å². The van der Waals surface area contributed by atoms with Crippen LogP contribution in [0.1, 0.15) is 31.2 Å². The molecule has 130 valence electrons. The Balaban J connectivity index is 1.73. The van der Waals surface area contributed by atoms with Gasteiger partial charge in [-0.2, -0.15) is 0 Å². The van der Waals surface area contributed by atoms with Gasteiger partial charge in [0.05, 0.1) is 6.54 Å². The fraction of sp³-hybridized carbons (Fsp3) is 0.438. The first-order chi connectivity index (χ1) is 11.4. The number of carbonyl (C=O) groups is 3. The van der Waals surface area contributed by atoms with Crippen LogP contribution in [-0.2, 0) is 16.1 Å². The van der Waals surface area contributed by atoms with Crippen LogP contribution in [0.3, 0.4) is 0 Å². The van der Waals surface area contributed by atoms with Crippen molar-refractivity contribution >= 4 is 29.5 Å². The predicted octanol–water partition coefficient (Wildman–Crippen LogP) is 1.65. The minimum atomic E-state index is -1.20. The maximum absolute atomic E-state index is 11.9. The van der Waals surface area contributed by atoms with Gasteiger partial charge in [-0.1, -0.05) is 36.6 Å². The summed E-state index contributed by atoms with van der Waals surface area (Å²) in [5.74, 6) is -1.54. The van der Waals surface area contributed by atoms with E-state index in [2.05, 4.69) is 16.0 Å². The van der Waals surface area contributed by atoms with Crippen LogP contribution < -0.4 is 16.0 Å². The van der Waals surface area contributed by atoms with Crippen LogP contribution in [0, 0.1) is 0 Å². The summed E-state index contributed by atoms with van der Waals surface area (Å²) in [5.41, 5.74) is -0.326. The van der Waals surface area contributed by atoms with Crippen molar-refractivity contribution in [2.45, 2.75) is 37.8 Å². The third-order valence-corrected chi connectivity index (χ3v) is 4.27. The average Bonchev–Trinajstić information content (AvgIpc) is 3.02. The fourth-order valence-corrected chi connectivity index (χ4v) is 2.82. The van der Waals surface area contributed by atoms with E-state index < -0.39 is 23.4 Å². The van der Waals surface area contributed by atoms with Gasteiger partial charge in [-0.25, -0.2) is 9.59 Å².